The molecule has 0 saturated heterocycles. The fourth-order valence-corrected chi connectivity index (χ4v) is 5.20. The van der Waals surface area contributed by atoms with E-state index in [9.17, 15) is 17.8 Å². The molecule has 3 aromatic rings. The fraction of sp³-hybridized carbons (Fsp3) is 0.261. The second-order valence-corrected chi connectivity index (χ2v) is 9.85. The molecule has 0 radical (unpaired) electrons. The van der Waals surface area contributed by atoms with Crippen LogP contribution in [-0.2, 0) is 18.0 Å². The van der Waals surface area contributed by atoms with Gasteiger partial charge in [-0.05, 0) is 61.7 Å². The van der Waals surface area contributed by atoms with E-state index in [2.05, 4.69) is 10.0 Å². The molecule has 1 aromatic heterocycles. The van der Waals surface area contributed by atoms with Gasteiger partial charge in [0.1, 0.15) is 28.4 Å². The summed E-state index contributed by atoms with van der Waals surface area (Å²) in [6.07, 6.45) is 0.554. The van der Waals surface area contributed by atoms with E-state index in [0.29, 0.717) is 28.3 Å². The van der Waals surface area contributed by atoms with Crippen molar-refractivity contribution in [2.45, 2.75) is 31.4 Å². The molecule has 0 aliphatic heterocycles. The van der Waals surface area contributed by atoms with E-state index < -0.39 is 22.6 Å². The maximum absolute atomic E-state index is 14.4. The molecule has 0 bridgehead atoms. The smallest absolute Gasteiger partial charge is 0.254 e. The van der Waals surface area contributed by atoms with E-state index in [-0.39, 0.29) is 28.2 Å². The van der Waals surface area contributed by atoms with Crippen molar-refractivity contribution in [2.75, 3.05) is 10.0 Å². The average Bonchev–Trinajstić information content (AvgIpc) is 3.51. The second kappa shape index (κ2) is 8.67. The van der Waals surface area contributed by atoms with Gasteiger partial charge < -0.3 is 10.0 Å². The number of benzene rings is 2. The summed E-state index contributed by atoms with van der Waals surface area (Å²) in [5.74, 6) is -0.797. The van der Waals surface area contributed by atoms with Gasteiger partial charge in [0.25, 0.3) is 5.56 Å². The van der Waals surface area contributed by atoms with Crippen LogP contribution in [0.4, 0.5) is 26.0 Å². The van der Waals surface area contributed by atoms with Crippen LogP contribution in [0.2, 0.25) is 5.02 Å². The number of hydrogen-bond donors (Lipinski definition) is 2. The first-order valence-corrected chi connectivity index (χ1v) is 11.6. The van der Waals surface area contributed by atoms with Crippen molar-refractivity contribution in [3.05, 3.63) is 86.2 Å². The Balaban J connectivity index is 1.61. The highest BCUT2D eigenvalue weighted by Gasteiger charge is 2.45. The topological polar surface area (TPSA) is 63.1 Å². The fourth-order valence-electron chi connectivity index (χ4n) is 3.69. The zero-order valence-corrected chi connectivity index (χ0v) is 19.3. The molecular weight excluding hydrogens is 456 g/mol. The average molecular weight is 478 g/mol. The SMILES string of the molecule is Cc1ccc(Nc2c(NS(=O)C3CC3c3ccc(Cl)cc3F)cc(C)c(=O)n2C)c(F)c1. The third-order valence-corrected chi connectivity index (χ3v) is 7.28. The lowest BCUT2D eigenvalue weighted by atomic mass is 10.1. The molecule has 3 unspecified atom stereocenters. The molecule has 1 aliphatic rings. The van der Waals surface area contributed by atoms with Crippen LogP contribution in [0, 0.1) is 25.5 Å². The number of aryl methyl sites for hydroxylation is 2. The monoisotopic (exact) mass is 477 g/mol. The molecule has 1 saturated carbocycles. The number of pyridine rings is 1. The summed E-state index contributed by atoms with van der Waals surface area (Å²) >= 11 is 5.82. The van der Waals surface area contributed by atoms with Crippen molar-refractivity contribution >= 4 is 39.8 Å². The van der Waals surface area contributed by atoms with E-state index in [0.717, 1.165) is 5.56 Å². The number of nitrogens with zero attached hydrogens (tertiary/aromatic N) is 1. The van der Waals surface area contributed by atoms with E-state index in [1.54, 1.807) is 51.2 Å². The van der Waals surface area contributed by atoms with Crippen molar-refractivity contribution in [3.8, 4) is 0 Å². The molecule has 3 atom stereocenters. The Labute approximate surface area is 192 Å². The zero-order valence-electron chi connectivity index (χ0n) is 17.7. The minimum Gasteiger partial charge on any atom is -0.337 e. The summed E-state index contributed by atoms with van der Waals surface area (Å²) in [7, 11) is 0.00141. The summed E-state index contributed by atoms with van der Waals surface area (Å²) in [6.45, 7) is 3.43. The van der Waals surface area contributed by atoms with Gasteiger partial charge in [-0.2, -0.15) is 0 Å². The molecule has 5 nitrogen and oxygen atoms in total. The first-order valence-electron chi connectivity index (χ1n) is 10.0. The molecule has 32 heavy (non-hydrogen) atoms. The summed E-state index contributed by atoms with van der Waals surface area (Å²) in [4.78, 5) is 12.5. The number of hydrogen-bond acceptors (Lipinski definition) is 3. The highest BCUT2D eigenvalue weighted by atomic mass is 35.5. The van der Waals surface area contributed by atoms with Gasteiger partial charge in [0, 0.05) is 23.6 Å². The molecule has 1 fully saturated rings. The number of anilines is 3. The molecule has 2 aromatic carbocycles. The van der Waals surface area contributed by atoms with Crippen molar-refractivity contribution in [1.82, 2.24) is 4.57 Å². The largest absolute Gasteiger partial charge is 0.337 e. The van der Waals surface area contributed by atoms with Gasteiger partial charge in [0.05, 0.1) is 16.6 Å². The van der Waals surface area contributed by atoms with Crippen LogP contribution in [0.25, 0.3) is 0 Å². The quantitative estimate of drug-likeness (QED) is 0.505. The van der Waals surface area contributed by atoms with E-state index >= 15 is 0 Å². The molecule has 4 rings (SSSR count). The molecule has 0 amide bonds. The predicted octanol–water partition coefficient (Wildman–Crippen LogP) is 5.31. The van der Waals surface area contributed by atoms with Crippen molar-refractivity contribution in [1.29, 1.82) is 0 Å². The predicted molar refractivity (Wildman–Crippen MR) is 125 cm³/mol. The third-order valence-electron chi connectivity index (χ3n) is 5.55. The number of halogens is 3. The van der Waals surface area contributed by atoms with Crippen LogP contribution in [-0.4, -0.2) is 14.0 Å². The second-order valence-electron chi connectivity index (χ2n) is 8.01. The van der Waals surface area contributed by atoms with Crippen molar-refractivity contribution < 1.29 is 13.0 Å². The Bertz CT molecular complexity index is 1290. The van der Waals surface area contributed by atoms with Crippen LogP contribution in [0.1, 0.15) is 29.0 Å². The summed E-state index contributed by atoms with van der Waals surface area (Å²) < 4.78 is 46.0. The minimum absolute atomic E-state index is 0.191. The number of aromatic nitrogens is 1. The Kier molecular flexibility index (Phi) is 6.09. The van der Waals surface area contributed by atoms with Gasteiger partial charge in [-0.15, -0.1) is 0 Å². The molecule has 1 heterocycles. The van der Waals surface area contributed by atoms with E-state index in [1.807, 2.05) is 0 Å². The van der Waals surface area contributed by atoms with Crippen LogP contribution in [0.15, 0.2) is 47.3 Å². The molecule has 0 spiro atoms. The lowest BCUT2D eigenvalue weighted by Gasteiger charge is -2.18. The molecule has 168 valence electrons. The first kappa shape index (κ1) is 22.5. The van der Waals surface area contributed by atoms with E-state index in [4.69, 9.17) is 11.6 Å². The Morgan fingerprint density at radius 1 is 1.06 bits per heavy atom. The van der Waals surface area contributed by atoms with Gasteiger partial charge >= 0.3 is 0 Å². The summed E-state index contributed by atoms with van der Waals surface area (Å²) in [5.41, 5.74) is 2.01. The summed E-state index contributed by atoms with van der Waals surface area (Å²) in [6, 6.07) is 10.8. The number of rotatable bonds is 6. The Morgan fingerprint density at radius 3 is 2.50 bits per heavy atom. The molecular formula is C23H22ClF2N3O2S. The maximum atomic E-state index is 14.4. The lowest BCUT2D eigenvalue weighted by Crippen LogP contribution is -2.24. The standard InChI is InChI=1S/C23H22ClF2N3O2S/c1-12-4-7-19(18(26)8-12)27-22-20(9-13(2)23(30)29(22)3)28-32(31)21-11-16(21)15-6-5-14(24)10-17(15)25/h4-10,16,21,27-28H,11H2,1-3H3. The van der Waals surface area contributed by atoms with Gasteiger partial charge in [0.15, 0.2) is 0 Å². The first-order chi connectivity index (χ1) is 15.2. The highest BCUT2D eigenvalue weighted by molar-refractivity contribution is 7.87. The Morgan fingerprint density at radius 2 is 1.81 bits per heavy atom. The van der Waals surface area contributed by atoms with Gasteiger partial charge in [0.2, 0.25) is 0 Å². The zero-order chi connectivity index (χ0) is 23.2. The third kappa shape index (κ3) is 4.42. The van der Waals surface area contributed by atoms with Crippen LogP contribution < -0.4 is 15.6 Å². The Hall–Kier alpha value is -2.71. The van der Waals surface area contributed by atoms with Crippen molar-refractivity contribution in [3.63, 3.8) is 0 Å². The number of nitrogens with one attached hydrogen (secondary N) is 2. The lowest BCUT2D eigenvalue weighted by molar-refractivity contribution is 0.611. The van der Waals surface area contributed by atoms with Crippen molar-refractivity contribution in [2.24, 2.45) is 7.05 Å². The normalized spacial score (nSPS) is 18.3. The van der Waals surface area contributed by atoms with Crippen LogP contribution in [0.3, 0.4) is 0 Å². The van der Waals surface area contributed by atoms with Gasteiger partial charge in [-0.25, -0.2) is 13.0 Å². The van der Waals surface area contributed by atoms with Gasteiger partial charge in [-0.1, -0.05) is 23.7 Å². The maximum Gasteiger partial charge on any atom is 0.254 e. The van der Waals surface area contributed by atoms with E-state index in [1.165, 1.54) is 16.7 Å². The van der Waals surface area contributed by atoms with Crippen LogP contribution in [0.5, 0.6) is 0 Å². The minimum atomic E-state index is -1.56. The highest BCUT2D eigenvalue weighted by Crippen LogP contribution is 2.46. The summed E-state index contributed by atoms with van der Waals surface area (Å²) in [5, 5.41) is 2.95. The molecule has 1 aliphatic carbocycles. The molecule has 9 heteroatoms. The van der Waals surface area contributed by atoms with Crippen LogP contribution >= 0.6 is 11.6 Å². The molecule has 2 N–H and O–H groups in total. The van der Waals surface area contributed by atoms with Gasteiger partial charge in [-0.3, -0.25) is 9.36 Å².